The Morgan fingerprint density at radius 1 is 1.18 bits per heavy atom. The Bertz CT molecular complexity index is 1410. The lowest BCUT2D eigenvalue weighted by Gasteiger charge is -2.27. The van der Waals surface area contributed by atoms with Crippen molar-refractivity contribution < 1.29 is 27.5 Å². The largest absolute Gasteiger partial charge is 0.573 e. The lowest BCUT2D eigenvalue weighted by Crippen LogP contribution is -2.34. The highest BCUT2D eigenvalue weighted by Gasteiger charge is 2.32. The molecule has 0 spiro atoms. The zero-order valence-corrected chi connectivity index (χ0v) is 21.2. The average molecular weight is 544 g/mol. The van der Waals surface area contributed by atoms with Crippen molar-refractivity contribution in [1.82, 2.24) is 24.5 Å². The van der Waals surface area contributed by atoms with Crippen molar-refractivity contribution in [3.63, 3.8) is 0 Å². The molecule has 1 aliphatic rings. The molecule has 0 radical (unpaired) electrons. The molecule has 10 nitrogen and oxygen atoms in total. The average Bonchev–Trinajstić information content (AvgIpc) is 3.44. The predicted octanol–water partition coefficient (Wildman–Crippen LogP) is 3.34. The molecular weight excluding hydrogens is 515 g/mol. The van der Waals surface area contributed by atoms with E-state index >= 15 is 0 Å². The van der Waals surface area contributed by atoms with Gasteiger partial charge in [0.1, 0.15) is 22.8 Å². The van der Waals surface area contributed by atoms with E-state index in [4.69, 9.17) is 11.5 Å². The number of ether oxygens (including phenoxy) is 1. The molecule has 1 saturated heterocycles. The molecule has 0 aliphatic carbocycles. The second kappa shape index (κ2) is 11.5. The highest BCUT2D eigenvalue weighted by Crippen LogP contribution is 2.33. The number of hydrogen-bond donors (Lipinski definition) is 2. The molecule has 1 aromatic carbocycles. The van der Waals surface area contributed by atoms with Crippen molar-refractivity contribution in [2.24, 2.45) is 5.73 Å². The summed E-state index contributed by atoms with van der Waals surface area (Å²) in [5.74, 6) is 4.04. The van der Waals surface area contributed by atoms with Crippen LogP contribution in [0.15, 0.2) is 36.7 Å². The first-order valence-electron chi connectivity index (χ1n) is 12.3. The summed E-state index contributed by atoms with van der Waals surface area (Å²) < 4.78 is 45.5. The summed E-state index contributed by atoms with van der Waals surface area (Å²) in [6.07, 6.45) is 0.894. The maximum atomic E-state index is 12.8. The normalized spacial score (nSPS) is 14.7. The molecule has 1 aliphatic heterocycles. The molecule has 1 fully saturated rings. The molecule has 13 heteroatoms. The first-order valence-corrected chi connectivity index (χ1v) is 12.3. The number of nitrogen functional groups attached to an aromatic ring is 1. The summed E-state index contributed by atoms with van der Waals surface area (Å²) in [7, 11) is 0. The van der Waals surface area contributed by atoms with Crippen molar-refractivity contribution in [3.05, 3.63) is 47.8 Å². The van der Waals surface area contributed by atoms with Crippen LogP contribution in [0.25, 0.3) is 11.3 Å². The Morgan fingerprint density at radius 2 is 1.87 bits per heavy atom. The number of primary amides is 1. The second-order valence-electron chi connectivity index (χ2n) is 9.11. The molecule has 3 aromatic rings. The molecule has 0 saturated carbocycles. The Balaban J connectivity index is 1.57. The lowest BCUT2D eigenvalue weighted by atomic mass is 10.0. The zero-order valence-electron chi connectivity index (χ0n) is 21.2. The van der Waals surface area contributed by atoms with E-state index in [0.29, 0.717) is 44.3 Å². The van der Waals surface area contributed by atoms with Crippen molar-refractivity contribution in [3.8, 4) is 28.8 Å². The van der Waals surface area contributed by atoms with Gasteiger partial charge in [-0.05, 0) is 44.6 Å². The number of aromatic nitrogens is 4. The standard InChI is InChI=1S/C26H28F3N7O3/c1-2-7-21(37)34-12-5-9-19(10-6-13-34)36-24(30)22(25(31)38)23(33-36)18-14-32-35(16-18)15-17-8-3-4-11-20(17)39-26(27,28)29/h3-4,8,11,14,16,19H,5-6,9-10,12-13,15,30H2,1H3,(H2,31,38). The minimum absolute atomic E-state index is 0.0192. The molecular formula is C26H28F3N7O3. The van der Waals surface area contributed by atoms with Crippen molar-refractivity contribution in [2.75, 3.05) is 18.8 Å². The van der Waals surface area contributed by atoms with Crippen LogP contribution in [-0.2, 0) is 11.3 Å². The summed E-state index contributed by atoms with van der Waals surface area (Å²) in [6.45, 7) is 2.70. The number of para-hydroxylation sites is 1. The van der Waals surface area contributed by atoms with E-state index in [2.05, 4.69) is 26.8 Å². The number of alkyl halides is 3. The lowest BCUT2D eigenvalue weighted by molar-refractivity contribution is -0.274. The Hall–Kier alpha value is -4.47. The number of rotatable bonds is 6. The fourth-order valence-electron chi connectivity index (χ4n) is 4.70. The van der Waals surface area contributed by atoms with Crippen LogP contribution in [0.5, 0.6) is 5.75 Å². The van der Waals surface area contributed by atoms with E-state index in [-0.39, 0.29) is 46.9 Å². The van der Waals surface area contributed by atoms with E-state index in [1.165, 1.54) is 29.1 Å². The number of hydrogen-bond acceptors (Lipinski definition) is 6. The molecule has 2 aromatic heterocycles. The van der Waals surface area contributed by atoms with Crippen LogP contribution in [0, 0.1) is 11.8 Å². The van der Waals surface area contributed by atoms with E-state index in [1.807, 2.05) is 0 Å². The van der Waals surface area contributed by atoms with Gasteiger partial charge in [-0.2, -0.15) is 10.2 Å². The summed E-state index contributed by atoms with van der Waals surface area (Å²) in [6, 6.07) is 5.65. The zero-order chi connectivity index (χ0) is 28.2. The Morgan fingerprint density at radius 3 is 2.51 bits per heavy atom. The van der Waals surface area contributed by atoms with Gasteiger partial charge in [-0.15, -0.1) is 13.2 Å². The Labute approximate surface area is 222 Å². The minimum Gasteiger partial charge on any atom is -0.405 e. The van der Waals surface area contributed by atoms with Gasteiger partial charge in [-0.25, -0.2) is 4.68 Å². The van der Waals surface area contributed by atoms with Crippen molar-refractivity contribution in [2.45, 2.75) is 51.6 Å². The third-order valence-electron chi connectivity index (χ3n) is 6.43. The van der Waals surface area contributed by atoms with Crippen LogP contribution in [0.4, 0.5) is 19.0 Å². The molecule has 39 heavy (non-hydrogen) atoms. The van der Waals surface area contributed by atoms with Gasteiger partial charge >= 0.3 is 6.36 Å². The van der Waals surface area contributed by atoms with Gasteiger partial charge in [-0.3, -0.25) is 14.3 Å². The number of amides is 2. The Kier molecular flexibility index (Phi) is 8.13. The summed E-state index contributed by atoms with van der Waals surface area (Å²) in [4.78, 5) is 26.2. The number of benzene rings is 1. The fourth-order valence-corrected chi connectivity index (χ4v) is 4.70. The van der Waals surface area contributed by atoms with Crippen LogP contribution < -0.4 is 16.2 Å². The van der Waals surface area contributed by atoms with E-state index in [1.54, 1.807) is 28.8 Å². The second-order valence-corrected chi connectivity index (χ2v) is 9.11. The number of nitrogens with zero attached hydrogens (tertiary/aromatic N) is 5. The minimum atomic E-state index is -4.83. The molecule has 0 unspecified atom stereocenters. The number of carbonyl (C=O) groups excluding carboxylic acids is 2. The highest BCUT2D eigenvalue weighted by atomic mass is 19.4. The van der Waals surface area contributed by atoms with Crippen molar-refractivity contribution >= 4 is 17.6 Å². The molecule has 206 valence electrons. The van der Waals surface area contributed by atoms with Gasteiger partial charge in [0.25, 0.3) is 11.8 Å². The molecule has 0 atom stereocenters. The van der Waals surface area contributed by atoms with Gasteiger partial charge in [-0.1, -0.05) is 24.1 Å². The molecule has 2 amide bonds. The maximum Gasteiger partial charge on any atom is 0.573 e. The van der Waals surface area contributed by atoms with Crippen LogP contribution in [0.1, 0.15) is 54.6 Å². The monoisotopic (exact) mass is 543 g/mol. The van der Waals surface area contributed by atoms with Crippen LogP contribution in [0.2, 0.25) is 0 Å². The van der Waals surface area contributed by atoms with Crippen LogP contribution >= 0.6 is 0 Å². The number of nitrogens with two attached hydrogens (primary N) is 2. The molecule has 3 heterocycles. The first kappa shape index (κ1) is 27.6. The number of likely N-dealkylation sites (tertiary alicyclic amines) is 1. The van der Waals surface area contributed by atoms with E-state index in [0.717, 1.165) is 0 Å². The molecule has 4 N–H and O–H groups in total. The first-order chi connectivity index (χ1) is 18.6. The van der Waals surface area contributed by atoms with E-state index < -0.39 is 12.3 Å². The smallest absolute Gasteiger partial charge is 0.405 e. The van der Waals surface area contributed by atoms with Crippen LogP contribution in [0.3, 0.4) is 0 Å². The van der Waals surface area contributed by atoms with Gasteiger partial charge in [0, 0.05) is 30.4 Å². The van der Waals surface area contributed by atoms with E-state index in [9.17, 15) is 22.8 Å². The summed E-state index contributed by atoms with van der Waals surface area (Å²) in [5.41, 5.74) is 13.0. The van der Waals surface area contributed by atoms with Gasteiger partial charge < -0.3 is 21.1 Å². The third kappa shape index (κ3) is 6.51. The van der Waals surface area contributed by atoms with Gasteiger partial charge in [0.15, 0.2) is 0 Å². The number of halogens is 3. The summed E-state index contributed by atoms with van der Waals surface area (Å²) in [5, 5.41) is 8.86. The van der Waals surface area contributed by atoms with Crippen LogP contribution in [-0.4, -0.2) is 55.7 Å². The number of anilines is 1. The third-order valence-corrected chi connectivity index (χ3v) is 6.43. The summed E-state index contributed by atoms with van der Waals surface area (Å²) >= 11 is 0. The van der Waals surface area contributed by atoms with Gasteiger partial charge in [0.2, 0.25) is 0 Å². The maximum absolute atomic E-state index is 12.8. The number of carbonyl (C=O) groups is 2. The molecule has 0 bridgehead atoms. The van der Waals surface area contributed by atoms with Crippen molar-refractivity contribution in [1.29, 1.82) is 0 Å². The highest BCUT2D eigenvalue weighted by molar-refractivity contribution is 6.03. The SMILES string of the molecule is CC#CC(=O)N1CCCC(n2nc(-c3cnn(Cc4ccccc4OC(F)(F)F)c3)c(C(N)=O)c2N)CCC1. The topological polar surface area (TPSA) is 134 Å². The fraction of sp³-hybridized carbons (Fsp3) is 0.385. The molecule has 4 rings (SSSR count). The quantitative estimate of drug-likeness (QED) is 0.458. The van der Waals surface area contributed by atoms with Gasteiger partial charge in [0.05, 0.1) is 18.8 Å². The predicted molar refractivity (Wildman–Crippen MR) is 136 cm³/mol.